The first-order valence-electron chi connectivity index (χ1n) is 8.95. The van der Waals surface area contributed by atoms with Gasteiger partial charge in [-0.2, -0.15) is 4.98 Å². The lowest BCUT2D eigenvalue weighted by molar-refractivity contribution is -0.0549. The van der Waals surface area contributed by atoms with Gasteiger partial charge in [-0.05, 0) is 39.2 Å². The van der Waals surface area contributed by atoms with E-state index in [0.717, 1.165) is 17.4 Å². The second-order valence-corrected chi connectivity index (χ2v) is 7.03. The van der Waals surface area contributed by atoms with Gasteiger partial charge in [0.1, 0.15) is 18.3 Å². The Labute approximate surface area is 151 Å². The summed E-state index contributed by atoms with van der Waals surface area (Å²) in [5.74, 6) is 0.267. The van der Waals surface area contributed by atoms with Crippen molar-refractivity contribution in [3.63, 3.8) is 0 Å². The third-order valence-electron chi connectivity index (χ3n) is 5.19. The third-order valence-corrected chi connectivity index (χ3v) is 5.19. The van der Waals surface area contributed by atoms with E-state index in [1.807, 2.05) is 0 Å². The van der Waals surface area contributed by atoms with Gasteiger partial charge < -0.3 is 25.0 Å². The molecule has 26 heavy (non-hydrogen) atoms. The SMILES string of the molecule is CC1CCCC(C)N1/C=N/c1ccn([C@@H]2O[C@H](CO)C(O)C2O)c(=O)n1. The highest BCUT2D eigenvalue weighted by Crippen LogP contribution is 2.28. The Bertz CT molecular complexity index is 699. The van der Waals surface area contributed by atoms with E-state index < -0.39 is 36.8 Å². The van der Waals surface area contributed by atoms with Crippen LogP contribution in [0.2, 0.25) is 0 Å². The number of ether oxygens (including phenoxy) is 1. The molecule has 9 heteroatoms. The molecule has 0 aromatic carbocycles. The molecule has 0 spiro atoms. The average molecular weight is 366 g/mol. The highest BCUT2D eigenvalue weighted by atomic mass is 16.6. The van der Waals surface area contributed by atoms with Crippen LogP contribution in [0.5, 0.6) is 0 Å². The number of nitrogens with zero attached hydrogens (tertiary/aromatic N) is 4. The van der Waals surface area contributed by atoms with Crippen LogP contribution in [0.4, 0.5) is 5.82 Å². The van der Waals surface area contributed by atoms with Crippen molar-refractivity contribution in [3.8, 4) is 0 Å². The Morgan fingerprint density at radius 3 is 2.58 bits per heavy atom. The summed E-state index contributed by atoms with van der Waals surface area (Å²) in [6, 6.07) is 2.33. The molecule has 2 fully saturated rings. The smallest absolute Gasteiger partial charge is 0.351 e. The lowest BCUT2D eigenvalue weighted by Gasteiger charge is -2.37. The van der Waals surface area contributed by atoms with E-state index in [0.29, 0.717) is 12.1 Å². The maximum atomic E-state index is 12.3. The number of aliphatic hydroxyl groups is 3. The van der Waals surface area contributed by atoms with Crippen molar-refractivity contribution in [2.24, 2.45) is 4.99 Å². The first-order valence-corrected chi connectivity index (χ1v) is 8.95. The van der Waals surface area contributed by atoms with E-state index >= 15 is 0 Å². The van der Waals surface area contributed by atoms with Crippen LogP contribution in [0.15, 0.2) is 22.1 Å². The molecule has 0 amide bonds. The Hall–Kier alpha value is -1.81. The lowest BCUT2D eigenvalue weighted by Crippen LogP contribution is -2.42. The molecule has 144 valence electrons. The standard InChI is InChI=1S/C17H26N4O5/c1-10-4-3-5-11(2)21(10)9-18-13-6-7-20(17(25)19-13)16-15(24)14(23)12(8-22)26-16/h6-7,9-12,14-16,22-24H,3-5,8H2,1-2H3/b18-9+/t10?,11?,12-,14?,15?,16-/m1/s1. The molecule has 1 aromatic heterocycles. The number of aromatic nitrogens is 2. The van der Waals surface area contributed by atoms with E-state index in [-0.39, 0.29) is 5.82 Å². The van der Waals surface area contributed by atoms with Crippen LogP contribution in [0.25, 0.3) is 0 Å². The van der Waals surface area contributed by atoms with E-state index in [1.54, 1.807) is 12.4 Å². The van der Waals surface area contributed by atoms with Crippen LogP contribution in [0.1, 0.15) is 39.3 Å². The van der Waals surface area contributed by atoms with Gasteiger partial charge in [-0.15, -0.1) is 0 Å². The van der Waals surface area contributed by atoms with E-state index in [9.17, 15) is 15.0 Å². The van der Waals surface area contributed by atoms with Gasteiger partial charge >= 0.3 is 5.69 Å². The van der Waals surface area contributed by atoms with Crippen LogP contribution >= 0.6 is 0 Å². The summed E-state index contributed by atoms with van der Waals surface area (Å²) in [6.45, 7) is 3.84. The summed E-state index contributed by atoms with van der Waals surface area (Å²) in [6.07, 6.45) is 1.94. The molecule has 0 saturated carbocycles. The number of likely N-dealkylation sites (tertiary alicyclic amines) is 1. The van der Waals surface area contributed by atoms with Crippen molar-refractivity contribution in [2.75, 3.05) is 6.61 Å². The van der Waals surface area contributed by atoms with Gasteiger partial charge in [0.2, 0.25) is 0 Å². The Kier molecular flexibility index (Phi) is 5.71. The minimum absolute atomic E-state index is 0.267. The molecule has 0 aliphatic carbocycles. The zero-order valence-electron chi connectivity index (χ0n) is 15.0. The monoisotopic (exact) mass is 366 g/mol. The Morgan fingerprint density at radius 2 is 2.00 bits per heavy atom. The minimum atomic E-state index is -1.32. The maximum absolute atomic E-state index is 12.3. The molecule has 3 heterocycles. The highest BCUT2D eigenvalue weighted by molar-refractivity contribution is 5.60. The second-order valence-electron chi connectivity index (χ2n) is 7.03. The van der Waals surface area contributed by atoms with E-state index in [1.165, 1.54) is 12.6 Å². The molecule has 3 rings (SSSR count). The Morgan fingerprint density at radius 1 is 1.31 bits per heavy atom. The number of rotatable bonds is 4. The Balaban J connectivity index is 1.76. The van der Waals surface area contributed by atoms with Crippen molar-refractivity contribution in [1.82, 2.24) is 14.5 Å². The molecule has 0 radical (unpaired) electrons. The second kappa shape index (κ2) is 7.83. The number of aliphatic imine (C=N–C) groups is 1. The first kappa shape index (κ1) is 19.0. The maximum Gasteiger partial charge on any atom is 0.351 e. The fraction of sp³-hybridized carbons (Fsp3) is 0.706. The predicted molar refractivity (Wildman–Crippen MR) is 94.3 cm³/mol. The van der Waals surface area contributed by atoms with Crippen LogP contribution in [-0.2, 0) is 4.74 Å². The molecule has 9 nitrogen and oxygen atoms in total. The molecule has 6 atom stereocenters. The molecule has 2 aliphatic rings. The van der Waals surface area contributed by atoms with Gasteiger partial charge in [0.15, 0.2) is 12.0 Å². The normalized spacial score (nSPS) is 35.3. The summed E-state index contributed by atoms with van der Waals surface area (Å²) in [5.41, 5.74) is -0.644. The lowest BCUT2D eigenvalue weighted by atomic mass is 9.98. The highest BCUT2D eigenvalue weighted by Gasteiger charge is 2.43. The molecular formula is C17H26N4O5. The van der Waals surface area contributed by atoms with Gasteiger partial charge in [-0.1, -0.05) is 0 Å². The first-order chi connectivity index (χ1) is 12.4. The minimum Gasteiger partial charge on any atom is -0.394 e. The largest absolute Gasteiger partial charge is 0.394 e. The quantitative estimate of drug-likeness (QED) is 0.497. The number of aliphatic hydroxyl groups excluding tert-OH is 3. The van der Waals surface area contributed by atoms with Crippen molar-refractivity contribution >= 4 is 12.2 Å². The molecule has 2 aliphatic heterocycles. The van der Waals surface area contributed by atoms with Gasteiger partial charge in [0, 0.05) is 18.3 Å². The fourth-order valence-corrected chi connectivity index (χ4v) is 3.57. The van der Waals surface area contributed by atoms with Gasteiger partial charge in [0.25, 0.3) is 0 Å². The number of piperidine rings is 1. The van der Waals surface area contributed by atoms with Crippen molar-refractivity contribution in [2.45, 2.75) is 69.7 Å². The average Bonchev–Trinajstić information content (AvgIpc) is 2.89. The third kappa shape index (κ3) is 3.66. The molecule has 4 unspecified atom stereocenters. The fourth-order valence-electron chi connectivity index (χ4n) is 3.57. The van der Waals surface area contributed by atoms with Crippen LogP contribution in [0, 0.1) is 0 Å². The number of hydrogen-bond donors (Lipinski definition) is 3. The van der Waals surface area contributed by atoms with Crippen LogP contribution in [-0.4, -0.2) is 73.1 Å². The van der Waals surface area contributed by atoms with Crippen molar-refractivity contribution in [1.29, 1.82) is 0 Å². The predicted octanol–water partition coefficient (Wildman–Crippen LogP) is -0.222. The molecule has 3 N–H and O–H groups in total. The van der Waals surface area contributed by atoms with E-state index in [4.69, 9.17) is 9.84 Å². The zero-order chi connectivity index (χ0) is 18.8. The van der Waals surface area contributed by atoms with Gasteiger partial charge in [-0.3, -0.25) is 4.57 Å². The van der Waals surface area contributed by atoms with Gasteiger partial charge in [-0.25, -0.2) is 9.79 Å². The van der Waals surface area contributed by atoms with Crippen LogP contribution < -0.4 is 5.69 Å². The summed E-state index contributed by atoms with van der Waals surface area (Å²) in [5, 5.41) is 29.0. The summed E-state index contributed by atoms with van der Waals surface area (Å²) >= 11 is 0. The van der Waals surface area contributed by atoms with Crippen molar-refractivity contribution < 1.29 is 20.1 Å². The van der Waals surface area contributed by atoms with Crippen molar-refractivity contribution in [3.05, 3.63) is 22.7 Å². The summed E-state index contributed by atoms with van der Waals surface area (Å²) in [7, 11) is 0. The summed E-state index contributed by atoms with van der Waals surface area (Å²) in [4.78, 5) is 22.7. The number of hydrogen-bond acceptors (Lipinski definition) is 7. The molecule has 1 aromatic rings. The molecular weight excluding hydrogens is 340 g/mol. The molecule has 2 saturated heterocycles. The molecule has 0 bridgehead atoms. The van der Waals surface area contributed by atoms with Gasteiger partial charge in [0.05, 0.1) is 12.9 Å². The topological polar surface area (TPSA) is 120 Å². The summed E-state index contributed by atoms with van der Waals surface area (Å²) < 4.78 is 6.44. The van der Waals surface area contributed by atoms with E-state index in [2.05, 4.69) is 28.7 Å². The zero-order valence-corrected chi connectivity index (χ0v) is 15.0. The van der Waals surface area contributed by atoms with Crippen LogP contribution in [0.3, 0.4) is 0 Å².